The van der Waals surface area contributed by atoms with Crippen LogP contribution in [-0.2, 0) is 0 Å². The summed E-state index contributed by atoms with van der Waals surface area (Å²) in [5.74, 6) is -1.43. The number of nitrogens with zero attached hydrogens (tertiary/aromatic N) is 1. The van der Waals surface area contributed by atoms with Gasteiger partial charge in [-0.05, 0) is 55.0 Å². The summed E-state index contributed by atoms with van der Waals surface area (Å²) in [4.78, 5) is 16.5. The van der Waals surface area contributed by atoms with Crippen LogP contribution in [0.25, 0.3) is 0 Å². The number of carbonyl (C=O) groups excluding carboxylic acids is 1. The monoisotopic (exact) mass is 358 g/mol. The van der Waals surface area contributed by atoms with Gasteiger partial charge in [-0.3, -0.25) is 4.79 Å². The first-order valence-corrected chi connectivity index (χ1v) is 7.81. The number of carbonyl (C=O) groups is 1. The van der Waals surface area contributed by atoms with Crippen LogP contribution in [0.1, 0.15) is 21.5 Å². The number of hydrogen-bond acceptors (Lipinski definition) is 3. The summed E-state index contributed by atoms with van der Waals surface area (Å²) in [5, 5.41) is 3.16. The Morgan fingerprint density at radius 1 is 1.04 bits per heavy atom. The first-order valence-electron chi connectivity index (χ1n) is 7.43. The third kappa shape index (κ3) is 3.67. The van der Waals surface area contributed by atoms with E-state index in [0.29, 0.717) is 16.1 Å². The van der Waals surface area contributed by atoms with E-state index in [9.17, 15) is 13.6 Å². The Hall–Kier alpha value is -2.79. The van der Waals surface area contributed by atoms with Gasteiger partial charge in [-0.2, -0.15) is 0 Å². The van der Waals surface area contributed by atoms with Crippen molar-refractivity contribution in [1.82, 2.24) is 4.98 Å². The van der Waals surface area contributed by atoms with Crippen molar-refractivity contribution in [1.29, 1.82) is 0 Å². The van der Waals surface area contributed by atoms with Gasteiger partial charge < -0.3 is 5.32 Å². The van der Waals surface area contributed by atoms with Gasteiger partial charge in [0, 0.05) is 22.3 Å². The molecule has 1 aromatic heterocycles. The molecule has 3 rings (SSSR count). The third-order valence-corrected chi connectivity index (χ3v) is 4.09. The summed E-state index contributed by atoms with van der Waals surface area (Å²) in [6, 6.07) is 11.6. The van der Waals surface area contributed by atoms with E-state index in [1.54, 1.807) is 24.3 Å². The normalized spacial score (nSPS) is 10.6. The number of rotatable bonds is 4. The summed E-state index contributed by atoms with van der Waals surface area (Å²) in [5.41, 5.74) is 1.36. The SMILES string of the molecule is Cc1cc(C(=O)c2ccc(Nc3c(F)cccc3F)nc2)ccc1Cl. The van der Waals surface area contributed by atoms with Gasteiger partial charge in [-0.15, -0.1) is 0 Å². The molecule has 0 aliphatic heterocycles. The Kier molecular flexibility index (Phi) is 4.76. The Morgan fingerprint density at radius 2 is 1.72 bits per heavy atom. The largest absolute Gasteiger partial charge is 0.335 e. The molecule has 0 bridgehead atoms. The molecule has 0 saturated carbocycles. The summed E-state index contributed by atoms with van der Waals surface area (Å²) in [7, 11) is 0. The van der Waals surface area contributed by atoms with E-state index in [0.717, 1.165) is 17.7 Å². The highest BCUT2D eigenvalue weighted by molar-refractivity contribution is 6.31. The van der Waals surface area contributed by atoms with Gasteiger partial charge in [0.05, 0.1) is 0 Å². The van der Waals surface area contributed by atoms with Crippen molar-refractivity contribution in [2.75, 3.05) is 5.32 Å². The minimum Gasteiger partial charge on any atom is -0.335 e. The molecule has 0 spiro atoms. The average molecular weight is 359 g/mol. The molecule has 0 amide bonds. The maximum absolute atomic E-state index is 13.6. The van der Waals surface area contributed by atoms with Gasteiger partial charge in [0.1, 0.15) is 23.1 Å². The maximum Gasteiger partial charge on any atom is 0.194 e. The topological polar surface area (TPSA) is 42.0 Å². The number of halogens is 3. The number of hydrogen-bond donors (Lipinski definition) is 1. The van der Waals surface area contributed by atoms with Crippen LogP contribution in [0.5, 0.6) is 0 Å². The lowest BCUT2D eigenvalue weighted by atomic mass is 10.0. The molecular formula is C19H13ClF2N2O. The van der Waals surface area contributed by atoms with Crippen LogP contribution in [0.15, 0.2) is 54.7 Å². The molecule has 3 nitrogen and oxygen atoms in total. The molecular weight excluding hydrogens is 346 g/mol. The summed E-state index contributed by atoms with van der Waals surface area (Å²) in [6.07, 6.45) is 1.35. The molecule has 2 aromatic carbocycles. The highest BCUT2D eigenvalue weighted by atomic mass is 35.5. The number of ketones is 1. The van der Waals surface area contributed by atoms with Crippen molar-refractivity contribution >= 4 is 28.9 Å². The average Bonchev–Trinajstić information content (AvgIpc) is 2.61. The quantitative estimate of drug-likeness (QED) is 0.644. The van der Waals surface area contributed by atoms with Gasteiger partial charge in [0.2, 0.25) is 0 Å². The minimum absolute atomic E-state index is 0.212. The van der Waals surface area contributed by atoms with Crippen LogP contribution in [0, 0.1) is 18.6 Å². The second kappa shape index (κ2) is 6.99. The van der Waals surface area contributed by atoms with Crippen LogP contribution in [-0.4, -0.2) is 10.8 Å². The Morgan fingerprint density at radius 3 is 2.32 bits per heavy atom. The second-order valence-electron chi connectivity index (χ2n) is 5.45. The molecule has 126 valence electrons. The molecule has 0 aliphatic rings. The number of nitrogens with one attached hydrogen (secondary N) is 1. The third-order valence-electron chi connectivity index (χ3n) is 3.66. The zero-order valence-corrected chi connectivity index (χ0v) is 13.9. The van der Waals surface area contributed by atoms with E-state index in [2.05, 4.69) is 10.3 Å². The van der Waals surface area contributed by atoms with Gasteiger partial charge in [0.15, 0.2) is 5.78 Å². The number of aryl methyl sites for hydroxylation is 1. The zero-order valence-electron chi connectivity index (χ0n) is 13.2. The van der Waals surface area contributed by atoms with E-state index in [1.807, 2.05) is 6.92 Å². The number of para-hydroxylation sites is 1. The number of anilines is 2. The maximum atomic E-state index is 13.6. The molecule has 0 fully saturated rings. The number of benzene rings is 2. The van der Waals surface area contributed by atoms with Crippen LogP contribution in [0.3, 0.4) is 0 Å². The summed E-state index contributed by atoms with van der Waals surface area (Å²) in [6.45, 7) is 1.81. The van der Waals surface area contributed by atoms with Crippen molar-refractivity contribution in [3.63, 3.8) is 0 Å². The molecule has 3 aromatic rings. The highest BCUT2D eigenvalue weighted by Gasteiger charge is 2.12. The number of pyridine rings is 1. The Labute approximate surface area is 148 Å². The molecule has 0 unspecified atom stereocenters. The van der Waals surface area contributed by atoms with Crippen LogP contribution >= 0.6 is 11.6 Å². The molecule has 0 saturated heterocycles. The van der Waals surface area contributed by atoms with E-state index in [4.69, 9.17) is 11.6 Å². The van der Waals surface area contributed by atoms with Gasteiger partial charge in [-0.1, -0.05) is 17.7 Å². The predicted molar refractivity (Wildman–Crippen MR) is 93.5 cm³/mol. The van der Waals surface area contributed by atoms with Gasteiger partial charge in [0.25, 0.3) is 0 Å². The first-order chi connectivity index (χ1) is 12.0. The van der Waals surface area contributed by atoms with Crippen molar-refractivity contribution < 1.29 is 13.6 Å². The fourth-order valence-electron chi connectivity index (χ4n) is 2.30. The van der Waals surface area contributed by atoms with Gasteiger partial charge in [-0.25, -0.2) is 13.8 Å². The first kappa shape index (κ1) is 17.0. The lowest BCUT2D eigenvalue weighted by Gasteiger charge is -2.08. The number of aromatic nitrogens is 1. The highest BCUT2D eigenvalue weighted by Crippen LogP contribution is 2.23. The lowest BCUT2D eigenvalue weighted by molar-refractivity contribution is 0.103. The molecule has 25 heavy (non-hydrogen) atoms. The summed E-state index contributed by atoms with van der Waals surface area (Å²) >= 11 is 5.96. The predicted octanol–water partition coefficient (Wildman–Crippen LogP) is 5.30. The van der Waals surface area contributed by atoms with E-state index < -0.39 is 11.6 Å². The molecule has 1 N–H and O–H groups in total. The Bertz CT molecular complexity index is 922. The molecule has 1 heterocycles. The van der Waals surface area contributed by atoms with Crippen molar-refractivity contribution in [3.8, 4) is 0 Å². The van der Waals surface area contributed by atoms with Gasteiger partial charge >= 0.3 is 0 Å². The van der Waals surface area contributed by atoms with Crippen molar-refractivity contribution in [2.24, 2.45) is 0 Å². The summed E-state index contributed by atoms with van der Waals surface area (Å²) < 4.78 is 27.3. The van der Waals surface area contributed by atoms with Crippen molar-refractivity contribution in [3.05, 3.63) is 88.1 Å². The van der Waals surface area contributed by atoms with E-state index in [-0.39, 0.29) is 17.3 Å². The van der Waals surface area contributed by atoms with E-state index >= 15 is 0 Å². The van der Waals surface area contributed by atoms with Crippen molar-refractivity contribution in [2.45, 2.75) is 6.92 Å². The standard InChI is InChI=1S/C19H13ClF2N2O/c1-11-9-12(5-7-14(11)20)19(25)13-6-8-17(23-10-13)24-18-15(21)3-2-4-16(18)22/h2-10H,1H3,(H,23,24). The smallest absolute Gasteiger partial charge is 0.194 e. The van der Waals surface area contributed by atoms with Crippen LogP contribution < -0.4 is 5.32 Å². The molecule has 0 aliphatic carbocycles. The minimum atomic E-state index is -0.724. The van der Waals surface area contributed by atoms with E-state index in [1.165, 1.54) is 18.3 Å². The van der Waals surface area contributed by atoms with Crippen LogP contribution in [0.2, 0.25) is 5.02 Å². The molecule has 6 heteroatoms. The lowest BCUT2D eigenvalue weighted by Crippen LogP contribution is -2.04. The second-order valence-corrected chi connectivity index (χ2v) is 5.85. The van der Waals surface area contributed by atoms with Crippen LogP contribution in [0.4, 0.5) is 20.3 Å². The molecule has 0 radical (unpaired) electrons. The zero-order chi connectivity index (χ0) is 18.0. The fraction of sp³-hybridized carbons (Fsp3) is 0.0526. The fourth-order valence-corrected chi connectivity index (χ4v) is 2.42. The molecule has 0 atom stereocenters. The Balaban J connectivity index is 1.82.